The van der Waals surface area contributed by atoms with Crippen LogP contribution in [0.2, 0.25) is 0 Å². The van der Waals surface area contributed by atoms with Crippen LogP contribution in [0.3, 0.4) is 0 Å². The van der Waals surface area contributed by atoms with Crippen molar-refractivity contribution in [1.29, 1.82) is 0 Å². The fourth-order valence-electron chi connectivity index (χ4n) is 4.31. The van der Waals surface area contributed by atoms with Gasteiger partial charge in [-0.1, -0.05) is 19.9 Å². The number of carbonyl (C=O) groups excluding carboxylic acids is 2. The number of ether oxygens (including phenoxy) is 3. The van der Waals surface area contributed by atoms with Crippen molar-refractivity contribution < 1.29 is 28.9 Å². The number of benzene rings is 1. The van der Waals surface area contributed by atoms with Crippen LogP contribution in [0.1, 0.15) is 45.1 Å². The van der Waals surface area contributed by atoms with Crippen molar-refractivity contribution in [2.24, 2.45) is 16.3 Å². The Balaban J connectivity index is 2.11. The first kappa shape index (κ1) is 22.0. The Kier molecular flexibility index (Phi) is 6.31. The van der Waals surface area contributed by atoms with Crippen LogP contribution < -0.4 is 4.74 Å². The minimum atomic E-state index is -0.736. The molecule has 1 aliphatic heterocycles. The zero-order valence-electron chi connectivity index (χ0n) is 18.2. The van der Waals surface area contributed by atoms with Crippen molar-refractivity contribution in [3.05, 3.63) is 35.0 Å². The monoisotopic (exact) mass is 415 g/mol. The maximum Gasteiger partial charge on any atom is 0.315 e. The molecule has 2 aliphatic rings. The molecular formula is C23H29NO6. The minimum Gasteiger partial charge on any atom is -0.504 e. The van der Waals surface area contributed by atoms with Gasteiger partial charge in [-0.25, -0.2) is 0 Å². The Morgan fingerprint density at radius 3 is 2.63 bits per heavy atom. The first-order valence-electron chi connectivity index (χ1n) is 10.0. The fourth-order valence-corrected chi connectivity index (χ4v) is 4.31. The minimum absolute atomic E-state index is 0.00743. The summed E-state index contributed by atoms with van der Waals surface area (Å²) in [6, 6.07) is 4.90. The zero-order chi connectivity index (χ0) is 22.1. The van der Waals surface area contributed by atoms with Crippen LogP contribution in [0.5, 0.6) is 11.5 Å². The maximum absolute atomic E-state index is 13.2. The third-order valence-corrected chi connectivity index (χ3v) is 5.65. The SMILES string of the molecule is COCCOC(=O)C1C(C)=NC2=C(C(=O)CC(C)(C)C2)[C@@H]1c1ccc(O)c(OC)c1. The lowest BCUT2D eigenvalue weighted by Gasteiger charge is -2.39. The van der Waals surface area contributed by atoms with Crippen molar-refractivity contribution in [3.8, 4) is 11.5 Å². The molecule has 0 bridgehead atoms. The van der Waals surface area contributed by atoms with Crippen molar-refractivity contribution in [2.75, 3.05) is 27.4 Å². The Bertz CT molecular complexity index is 914. The van der Waals surface area contributed by atoms with Crippen molar-refractivity contribution >= 4 is 17.5 Å². The summed E-state index contributed by atoms with van der Waals surface area (Å²) in [5.41, 5.74) is 2.41. The molecule has 0 fully saturated rings. The highest BCUT2D eigenvalue weighted by atomic mass is 16.6. The van der Waals surface area contributed by atoms with Gasteiger partial charge in [-0.05, 0) is 36.5 Å². The van der Waals surface area contributed by atoms with E-state index >= 15 is 0 Å². The van der Waals surface area contributed by atoms with Gasteiger partial charge in [-0.15, -0.1) is 0 Å². The molecule has 1 aliphatic carbocycles. The number of hydrogen-bond donors (Lipinski definition) is 1. The van der Waals surface area contributed by atoms with Gasteiger partial charge in [-0.3, -0.25) is 14.6 Å². The second kappa shape index (κ2) is 8.60. The number of Topliss-reactive ketones (excluding diaryl/α,β-unsaturated/α-hetero) is 1. The van der Waals surface area contributed by atoms with Gasteiger partial charge in [0, 0.05) is 36.4 Å². The highest BCUT2D eigenvalue weighted by molar-refractivity contribution is 6.09. The van der Waals surface area contributed by atoms with Gasteiger partial charge in [0.05, 0.1) is 13.7 Å². The smallest absolute Gasteiger partial charge is 0.315 e. The number of carbonyl (C=O) groups is 2. The largest absolute Gasteiger partial charge is 0.504 e. The number of esters is 1. The molecule has 0 spiro atoms. The van der Waals surface area contributed by atoms with Crippen LogP contribution in [-0.2, 0) is 19.1 Å². The molecule has 3 rings (SSSR count). The van der Waals surface area contributed by atoms with E-state index in [1.165, 1.54) is 20.3 Å². The summed E-state index contributed by atoms with van der Waals surface area (Å²) in [7, 11) is 2.99. The molecule has 1 aromatic carbocycles. The number of hydrogen-bond acceptors (Lipinski definition) is 7. The number of ketones is 1. The number of rotatable bonds is 6. The predicted molar refractivity (Wildman–Crippen MR) is 112 cm³/mol. The van der Waals surface area contributed by atoms with Crippen LogP contribution >= 0.6 is 0 Å². The Morgan fingerprint density at radius 1 is 1.23 bits per heavy atom. The molecule has 30 heavy (non-hydrogen) atoms. The predicted octanol–water partition coefficient (Wildman–Crippen LogP) is 3.41. The topological polar surface area (TPSA) is 94.4 Å². The molecule has 7 nitrogen and oxygen atoms in total. The third-order valence-electron chi connectivity index (χ3n) is 5.65. The molecular weight excluding hydrogens is 386 g/mol. The van der Waals surface area contributed by atoms with E-state index in [-0.39, 0.29) is 35.9 Å². The van der Waals surface area contributed by atoms with E-state index in [1.54, 1.807) is 19.1 Å². The maximum atomic E-state index is 13.2. The molecule has 0 saturated heterocycles. The molecule has 1 N–H and O–H groups in total. The zero-order valence-corrected chi connectivity index (χ0v) is 18.2. The average molecular weight is 415 g/mol. The Morgan fingerprint density at radius 2 is 1.97 bits per heavy atom. The Labute approximate surface area is 176 Å². The Hall–Kier alpha value is -2.67. The van der Waals surface area contributed by atoms with Crippen LogP contribution in [-0.4, -0.2) is 50.0 Å². The third kappa shape index (κ3) is 4.26. The molecule has 2 atom stereocenters. The average Bonchev–Trinajstić information content (AvgIpc) is 2.66. The van der Waals surface area contributed by atoms with Crippen molar-refractivity contribution in [1.82, 2.24) is 0 Å². The van der Waals surface area contributed by atoms with Crippen molar-refractivity contribution in [3.63, 3.8) is 0 Å². The first-order valence-corrected chi connectivity index (χ1v) is 10.0. The van der Waals surface area contributed by atoms with Gasteiger partial charge in [0.25, 0.3) is 0 Å². The number of phenolic OH excluding ortho intramolecular Hbond substituents is 1. The first-order chi connectivity index (χ1) is 14.2. The molecule has 0 radical (unpaired) electrons. The summed E-state index contributed by atoms with van der Waals surface area (Å²) in [5, 5.41) is 10.0. The summed E-state index contributed by atoms with van der Waals surface area (Å²) in [6.45, 7) is 6.29. The molecule has 0 aromatic heterocycles. The van der Waals surface area contributed by atoms with Gasteiger partial charge < -0.3 is 19.3 Å². The number of methoxy groups -OCH3 is 2. The molecule has 162 valence electrons. The molecule has 1 heterocycles. The quantitative estimate of drug-likeness (QED) is 0.565. The van der Waals surface area contributed by atoms with E-state index in [9.17, 15) is 14.7 Å². The van der Waals surface area contributed by atoms with Gasteiger partial charge in [0.15, 0.2) is 17.3 Å². The number of aromatic hydroxyl groups is 1. The van der Waals surface area contributed by atoms with Gasteiger partial charge >= 0.3 is 5.97 Å². The highest BCUT2D eigenvalue weighted by Gasteiger charge is 2.46. The fraction of sp³-hybridized carbons (Fsp3) is 0.522. The summed E-state index contributed by atoms with van der Waals surface area (Å²) in [5.74, 6) is -1.47. The molecule has 0 amide bonds. The van der Waals surface area contributed by atoms with E-state index in [2.05, 4.69) is 4.99 Å². The van der Waals surface area contributed by atoms with Crippen LogP contribution in [0, 0.1) is 11.3 Å². The van der Waals surface area contributed by atoms with Gasteiger partial charge in [0.2, 0.25) is 0 Å². The van der Waals surface area contributed by atoms with Crippen LogP contribution in [0.4, 0.5) is 0 Å². The number of nitrogens with zero attached hydrogens (tertiary/aromatic N) is 1. The summed E-state index contributed by atoms with van der Waals surface area (Å²) in [4.78, 5) is 30.9. The van der Waals surface area contributed by atoms with Crippen LogP contribution in [0.25, 0.3) is 0 Å². The lowest BCUT2D eigenvalue weighted by atomic mass is 9.67. The van der Waals surface area contributed by atoms with Gasteiger partial charge in [0.1, 0.15) is 12.5 Å². The summed E-state index contributed by atoms with van der Waals surface area (Å²) >= 11 is 0. The lowest BCUT2D eigenvalue weighted by molar-refractivity contribution is -0.147. The normalized spacial score (nSPS) is 23.0. The van der Waals surface area contributed by atoms with E-state index in [1.807, 2.05) is 13.8 Å². The van der Waals surface area contributed by atoms with E-state index < -0.39 is 17.8 Å². The number of allylic oxidation sites excluding steroid dienone is 2. The lowest BCUT2D eigenvalue weighted by Crippen LogP contribution is -2.39. The summed E-state index contributed by atoms with van der Waals surface area (Å²) in [6.07, 6.45) is 1.04. The van der Waals surface area contributed by atoms with Crippen molar-refractivity contribution in [2.45, 2.75) is 39.5 Å². The number of phenols is 1. The highest BCUT2D eigenvalue weighted by Crippen LogP contribution is 2.48. The molecule has 1 unspecified atom stereocenters. The van der Waals surface area contributed by atoms with E-state index in [0.29, 0.717) is 29.7 Å². The molecule has 0 saturated carbocycles. The molecule has 1 aromatic rings. The van der Waals surface area contributed by atoms with E-state index in [4.69, 9.17) is 14.2 Å². The standard InChI is InChI=1S/C23H29NO6/c1-13-19(22(27)30-9-8-28-4)20(14-6-7-16(25)18(10-14)29-5)21-15(24-13)11-23(2,3)12-17(21)26/h6-7,10,19-20,25H,8-9,11-12H2,1-5H3/t19?,20-/m1/s1. The second-order valence-corrected chi connectivity index (χ2v) is 8.60. The summed E-state index contributed by atoms with van der Waals surface area (Å²) < 4.78 is 15.7. The van der Waals surface area contributed by atoms with Crippen LogP contribution in [0.15, 0.2) is 34.5 Å². The van der Waals surface area contributed by atoms with E-state index in [0.717, 1.165) is 5.70 Å². The molecule has 7 heteroatoms. The van der Waals surface area contributed by atoms with Gasteiger partial charge in [-0.2, -0.15) is 0 Å². The number of aliphatic imine (C=N–C) groups is 1. The second-order valence-electron chi connectivity index (χ2n) is 8.60.